The zero-order valence-corrected chi connectivity index (χ0v) is 11.2. The number of carbonyl (C=O) groups is 3. The first-order valence-electron chi connectivity index (χ1n) is 6.69. The zero-order chi connectivity index (χ0) is 14.8. The molecular formula is C17H13NO3. The van der Waals surface area contributed by atoms with Gasteiger partial charge in [0, 0.05) is 6.42 Å². The second-order valence-electron chi connectivity index (χ2n) is 4.85. The predicted octanol–water partition coefficient (Wildman–Crippen LogP) is 2.61. The van der Waals surface area contributed by atoms with E-state index in [0.29, 0.717) is 11.1 Å². The summed E-state index contributed by atoms with van der Waals surface area (Å²) in [4.78, 5) is 37.1. The van der Waals surface area contributed by atoms with Gasteiger partial charge in [-0.2, -0.15) is 0 Å². The van der Waals surface area contributed by atoms with E-state index in [4.69, 9.17) is 0 Å². The Balaban J connectivity index is 2.04. The van der Waals surface area contributed by atoms with Crippen molar-refractivity contribution in [3.63, 3.8) is 0 Å². The molecule has 104 valence electrons. The maximum atomic E-state index is 12.5. The molecule has 1 atom stereocenters. The number of fused-ring (bicyclic) bond motifs is 1. The molecule has 21 heavy (non-hydrogen) atoms. The van der Waals surface area contributed by atoms with E-state index in [9.17, 15) is 14.4 Å². The molecule has 1 unspecified atom stereocenters. The number of imide groups is 1. The van der Waals surface area contributed by atoms with Crippen molar-refractivity contribution in [1.82, 2.24) is 4.90 Å². The number of hydrogen-bond acceptors (Lipinski definition) is 3. The van der Waals surface area contributed by atoms with Crippen molar-refractivity contribution in [2.24, 2.45) is 0 Å². The summed E-state index contributed by atoms with van der Waals surface area (Å²) in [5.74, 6) is -0.683. The van der Waals surface area contributed by atoms with E-state index in [-0.39, 0.29) is 18.2 Å². The van der Waals surface area contributed by atoms with Crippen molar-refractivity contribution in [2.75, 3.05) is 0 Å². The molecule has 1 aliphatic heterocycles. The van der Waals surface area contributed by atoms with Crippen LogP contribution in [-0.4, -0.2) is 23.0 Å². The van der Waals surface area contributed by atoms with E-state index < -0.39 is 6.04 Å². The van der Waals surface area contributed by atoms with Crippen LogP contribution in [0.3, 0.4) is 0 Å². The van der Waals surface area contributed by atoms with Gasteiger partial charge in [0.1, 0.15) is 6.29 Å². The van der Waals surface area contributed by atoms with Crippen molar-refractivity contribution < 1.29 is 14.4 Å². The summed E-state index contributed by atoms with van der Waals surface area (Å²) in [6, 6.07) is 15.3. The van der Waals surface area contributed by atoms with Crippen molar-refractivity contribution in [1.29, 1.82) is 0 Å². The Bertz CT molecular complexity index is 674. The number of hydrogen-bond donors (Lipinski definition) is 0. The molecular weight excluding hydrogens is 266 g/mol. The first-order valence-corrected chi connectivity index (χ1v) is 6.69. The molecule has 0 bridgehead atoms. The maximum absolute atomic E-state index is 12.5. The van der Waals surface area contributed by atoms with Gasteiger partial charge in [0.15, 0.2) is 0 Å². The molecule has 4 heteroatoms. The molecule has 2 aromatic rings. The van der Waals surface area contributed by atoms with E-state index in [2.05, 4.69) is 0 Å². The van der Waals surface area contributed by atoms with Gasteiger partial charge in [-0.25, -0.2) is 0 Å². The molecule has 3 rings (SSSR count). The lowest BCUT2D eigenvalue weighted by Gasteiger charge is -2.25. The Labute approximate surface area is 122 Å². The van der Waals surface area contributed by atoms with Gasteiger partial charge in [-0.3, -0.25) is 14.5 Å². The van der Waals surface area contributed by atoms with Crippen molar-refractivity contribution >= 4 is 18.1 Å². The molecule has 2 amide bonds. The van der Waals surface area contributed by atoms with Gasteiger partial charge in [-0.05, 0) is 17.7 Å². The fourth-order valence-electron chi connectivity index (χ4n) is 2.65. The van der Waals surface area contributed by atoms with Gasteiger partial charge < -0.3 is 4.79 Å². The zero-order valence-electron chi connectivity index (χ0n) is 11.2. The van der Waals surface area contributed by atoms with Crippen LogP contribution in [-0.2, 0) is 4.79 Å². The molecule has 0 saturated heterocycles. The third kappa shape index (κ3) is 2.14. The first kappa shape index (κ1) is 13.2. The lowest BCUT2D eigenvalue weighted by atomic mass is 10.0. The predicted molar refractivity (Wildman–Crippen MR) is 76.8 cm³/mol. The molecule has 1 heterocycles. The van der Waals surface area contributed by atoms with Crippen LogP contribution in [0.5, 0.6) is 0 Å². The second-order valence-corrected chi connectivity index (χ2v) is 4.85. The van der Waals surface area contributed by atoms with Crippen molar-refractivity contribution in [2.45, 2.75) is 12.5 Å². The summed E-state index contributed by atoms with van der Waals surface area (Å²) in [5.41, 5.74) is 1.57. The molecule has 0 saturated carbocycles. The minimum Gasteiger partial charge on any atom is -0.303 e. The van der Waals surface area contributed by atoms with Crippen LogP contribution >= 0.6 is 0 Å². The third-order valence-electron chi connectivity index (χ3n) is 3.64. The maximum Gasteiger partial charge on any atom is 0.262 e. The summed E-state index contributed by atoms with van der Waals surface area (Å²) >= 11 is 0. The van der Waals surface area contributed by atoms with Gasteiger partial charge in [0.2, 0.25) is 0 Å². The summed E-state index contributed by atoms with van der Waals surface area (Å²) in [6.07, 6.45) is 0.830. The molecule has 0 fully saturated rings. The Hall–Kier alpha value is -2.75. The molecule has 1 aliphatic rings. The van der Waals surface area contributed by atoms with E-state index in [1.807, 2.05) is 30.3 Å². The SMILES string of the molecule is O=CCC(c1ccccc1)N1C(=O)c2ccccc2C1=O. The van der Waals surface area contributed by atoms with Gasteiger partial charge in [0.25, 0.3) is 11.8 Å². The van der Waals surface area contributed by atoms with Crippen LogP contribution in [0.1, 0.15) is 38.7 Å². The highest BCUT2D eigenvalue weighted by molar-refractivity contribution is 6.21. The number of aldehydes is 1. The fraction of sp³-hybridized carbons (Fsp3) is 0.118. The number of amides is 2. The number of benzene rings is 2. The van der Waals surface area contributed by atoms with Gasteiger partial charge in [-0.15, -0.1) is 0 Å². The molecule has 4 nitrogen and oxygen atoms in total. The molecule has 0 aromatic heterocycles. The van der Waals surface area contributed by atoms with Crippen LogP contribution in [0.15, 0.2) is 54.6 Å². The quantitative estimate of drug-likeness (QED) is 0.638. The second kappa shape index (κ2) is 5.32. The van der Waals surface area contributed by atoms with Gasteiger partial charge in [0.05, 0.1) is 17.2 Å². The average molecular weight is 279 g/mol. The topological polar surface area (TPSA) is 54.5 Å². The lowest BCUT2D eigenvalue weighted by Crippen LogP contribution is -2.34. The highest BCUT2D eigenvalue weighted by Gasteiger charge is 2.39. The average Bonchev–Trinajstić information content (AvgIpc) is 2.78. The van der Waals surface area contributed by atoms with Crippen LogP contribution in [0.2, 0.25) is 0 Å². The minimum absolute atomic E-state index is 0.0927. The highest BCUT2D eigenvalue weighted by atomic mass is 16.2. The van der Waals surface area contributed by atoms with Crippen molar-refractivity contribution in [3.05, 3.63) is 71.3 Å². The lowest BCUT2D eigenvalue weighted by molar-refractivity contribution is -0.108. The van der Waals surface area contributed by atoms with Crippen LogP contribution in [0.25, 0.3) is 0 Å². The summed E-state index contributed by atoms with van der Waals surface area (Å²) in [5, 5.41) is 0. The van der Waals surface area contributed by atoms with Crippen LogP contribution < -0.4 is 0 Å². The van der Waals surface area contributed by atoms with E-state index in [0.717, 1.165) is 11.8 Å². The summed E-state index contributed by atoms with van der Waals surface area (Å²) in [7, 11) is 0. The Morgan fingerprint density at radius 1 is 0.857 bits per heavy atom. The Morgan fingerprint density at radius 2 is 1.38 bits per heavy atom. The van der Waals surface area contributed by atoms with E-state index in [1.165, 1.54) is 4.90 Å². The Morgan fingerprint density at radius 3 is 1.90 bits per heavy atom. The molecule has 0 radical (unpaired) electrons. The van der Waals surface area contributed by atoms with Crippen LogP contribution in [0, 0.1) is 0 Å². The summed E-state index contributed by atoms with van der Waals surface area (Å²) < 4.78 is 0. The first-order chi connectivity index (χ1) is 10.2. The Kier molecular flexibility index (Phi) is 3.36. The van der Waals surface area contributed by atoms with E-state index in [1.54, 1.807) is 24.3 Å². The molecule has 0 N–H and O–H groups in total. The largest absolute Gasteiger partial charge is 0.303 e. The molecule has 2 aromatic carbocycles. The van der Waals surface area contributed by atoms with Crippen molar-refractivity contribution in [3.8, 4) is 0 Å². The van der Waals surface area contributed by atoms with Crippen LogP contribution in [0.4, 0.5) is 0 Å². The standard InChI is InChI=1S/C17H13NO3/c19-11-10-15(12-6-2-1-3-7-12)18-16(20)13-8-4-5-9-14(13)17(18)21/h1-9,11,15H,10H2. The fourth-order valence-corrected chi connectivity index (χ4v) is 2.65. The van der Waals surface area contributed by atoms with E-state index >= 15 is 0 Å². The molecule has 0 spiro atoms. The number of carbonyl (C=O) groups excluding carboxylic acids is 3. The number of nitrogens with zero attached hydrogens (tertiary/aromatic N) is 1. The smallest absolute Gasteiger partial charge is 0.262 e. The number of rotatable bonds is 4. The summed E-state index contributed by atoms with van der Waals surface area (Å²) in [6.45, 7) is 0. The minimum atomic E-state index is -0.559. The monoisotopic (exact) mass is 279 g/mol. The van der Waals surface area contributed by atoms with Gasteiger partial charge in [-0.1, -0.05) is 42.5 Å². The molecule has 0 aliphatic carbocycles. The third-order valence-corrected chi connectivity index (χ3v) is 3.64. The normalized spacial score (nSPS) is 15.0. The highest BCUT2D eigenvalue weighted by Crippen LogP contribution is 2.32. The van der Waals surface area contributed by atoms with Gasteiger partial charge >= 0.3 is 0 Å².